The highest BCUT2D eigenvalue weighted by Gasteiger charge is 2.23. The molecule has 0 atom stereocenters. The number of rotatable bonds is 4. The fourth-order valence-electron chi connectivity index (χ4n) is 2.97. The predicted octanol–water partition coefficient (Wildman–Crippen LogP) is 3.64. The highest BCUT2D eigenvalue weighted by molar-refractivity contribution is 7.92. The molecule has 144 valence electrons. The molecule has 1 heterocycles. The molecule has 0 unspecified atom stereocenters. The Morgan fingerprint density at radius 1 is 1.11 bits per heavy atom. The van der Waals surface area contributed by atoms with E-state index in [1.165, 1.54) is 18.2 Å². The normalized spacial score (nSPS) is 15.6. The standard InChI is InChI=1S/C19H20F2N2O3S/c1-13-7-9-23(10-8-13)19(24)14-3-2-4-16(11-14)27(25,26)22-18-6-5-15(20)12-17(18)21/h2-6,11-13,22H,7-10H2,1H3. The van der Waals surface area contributed by atoms with Gasteiger partial charge in [0.1, 0.15) is 11.6 Å². The second-order valence-electron chi connectivity index (χ2n) is 6.73. The zero-order valence-electron chi connectivity index (χ0n) is 14.8. The van der Waals surface area contributed by atoms with Crippen LogP contribution in [0.25, 0.3) is 0 Å². The number of amides is 1. The molecule has 0 aromatic heterocycles. The molecule has 0 radical (unpaired) electrons. The molecule has 8 heteroatoms. The maximum atomic E-state index is 13.8. The largest absolute Gasteiger partial charge is 0.339 e. The van der Waals surface area contributed by atoms with Gasteiger partial charge in [-0.15, -0.1) is 0 Å². The van der Waals surface area contributed by atoms with Crippen LogP contribution in [-0.4, -0.2) is 32.3 Å². The molecule has 1 N–H and O–H groups in total. The van der Waals surface area contributed by atoms with E-state index in [4.69, 9.17) is 0 Å². The van der Waals surface area contributed by atoms with E-state index in [0.717, 1.165) is 25.0 Å². The lowest BCUT2D eigenvalue weighted by Crippen LogP contribution is -2.37. The highest BCUT2D eigenvalue weighted by atomic mass is 32.2. The number of carbonyl (C=O) groups excluding carboxylic acids is 1. The van der Waals surface area contributed by atoms with Crippen LogP contribution < -0.4 is 4.72 Å². The van der Waals surface area contributed by atoms with Crippen LogP contribution >= 0.6 is 0 Å². The van der Waals surface area contributed by atoms with Gasteiger partial charge in [0, 0.05) is 24.7 Å². The Morgan fingerprint density at radius 3 is 2.48 bits per heavy atom. The average molecular weight is 394 g/mol. The summed E-state index contributed by atoms with van der Waals surface area (Å²) in [6.45, 7) is 3.40. The molecular formula is C19H20F2N2O3S. The van der Waals surface area contributed by atoms with E-state index in [2.05, 4.69) is 11.6 Å². The lowest BCUT2D eigenvalue weighted by molar-refractivity contribution is 0.0697. The summed E-state index contributed by atoms with van der Waals surface area (Å²) in [5, 5.41) is 0. The van der Waals surface area contributed by atoms with E-state index in [0.29, 0.717) is 25.1 Å². The Kier molecular flexibility index (Phi) is 5.46. The Bertz CT molecular complexity index is 955. The van der Waals surface area contributed by atoms with Gasteiger partial charge in [-0.05, 0) is 49.1 Å². The number of carbonyl (C=O) groups is 1. The molecule has 1 aliphatic rings. The van der Waals surface area contributed by atoms with Crippen LogP contribution in [0.4, 0.5) is 14.5 Å². The molecule has 3 rings (SSSR count). The lowest BCUT2D eigenvalue weighted by atomic mass is 9.98. The summed E-state index contributed by atoms with van der Waals surface area (Å²) in [5.41, 5.74) is -0.106. The van der Waals surface area contributed by atoms with E-state index in [-0.39, 0.29) is 22.1 Å². The third-order valence-electron chi connectivity index (χ3n) is 4.64. The van der Waals surface area contributed by atoms with Crippen molar-refractivity contribution in [3.8, 4) is 0 Å². The number of sulfonamides is 1. The number of nitrogens with one attached hydrogen (secondary N) is 1. The van der Waals surface area contributed by atoms with Crippen LogP contribution in [0.2, 0.25) is 0 Å². The topological polar surface area (TPSA) is 66.5 Å². The number of hydrogen-bond acceptors (Lipinski definition) is 3. The molecule has 1 saturated heterocycles. The second-order valence-corrected chi connectivity index (χ2v) is 8.41. The van der Waals surface area contributed by atoms with Crippen molar-refractivity contribution < 1.29 is 22.0 Å². The minimum atomic E-state index is -4.13. The molecule has 0 saturated carbocycles. The molecule has 5 nitrogen and oxygen atoms in total. The number of hydrogen-bond donors (Lipinski definition) is 1. The number of benzene rings is 2. The maximum Gasteiger partial charge on any atom is 0.262 e. The van der Waals surface area contributed by atoms with Gasteiger partial charge in [-0.3, -0.25) is 9.52 Å². The van der Waals surface area contributed by atoms with E-state index < -0.39 is 21.7 Å². The number of piperidine rings is 1. The van der Waals surface area contributed by atoms with Crippen molar-refractivity contribution in [3.05, 3.63) is 59.7 Å². The van der Waals surface area contributed by atoms with Crippen LogP contribution in [0.5, 0.6) is 0 Å². The predicted molar refractivity (Wildman–Crippen MR) is 97.9 cm³/mol. The molecular weight excluding hydrogens is 374 g/mol. The summed E-state index contributed by atoms with van der Waals surface area (Å²) in [4.78, 5) is 14.2. The average Bonchev–Trinajstić information content (AvgIpc) is 2.64. The van der Waals surface area contributed by atoms with Gasteiger partial charge in [0.25, 0.3) is 15.9 Å². The monoisotopic (exact) mass is 394 g/mol. The molecule has 0 aliphatic carbocycles. The van der Waals surface area contributed by atoms with Crippen molar-refractivity contribution in [1.82, 2.24) is 4.90 Å². The number of likely N-dealkylation sites (tertiary alicyclic amines) is 1. The zero-order valence-corrected chi connectivity index (χ0v) is 15.6. The third-order valence-corrected chi connectivity index (χ3v) is 6.00. The first-order chi connectivity index (χ1) is 12.8. The van der Waals surface area contributed by atoms with Crippen molar-refractivity contribution >= 4 is 21.6 Å². The molecule has 2 aromatic carbocycles. The Balaban J connectivity index is 1.82. The van der Waals surface area contributed by atoms with Gasteiger partial charge in [0.2, 0.25) is 0 Å². The quantitative estimate of drug-likeness (QED) is 0.861. The highest BCUT2D eigenvalue weighted by Crippen LogP contribution is 2.22. The van der Waals surface area contributed by atoms with Crippen LogP contribution in [0.3, 0.4) is 0 Å². The van der Waals surface area contributed by atoms with Gasteiger partial charge in [-0.1, -0.05) is 13.0 Å². The van der Waals surface area contributed by atoms with Gasteiger partial charge in [0.05, 0.1) is 10.6 Å². The first-order valence-corrected chi connectivity index (χ1v) is 10.1. The van der Waals surface area contributed by atoms with Gasteiger partial charge < -0.3 is 4.90 Å². The summed E-state index contributed by atoms with van der Waals surface area (Å²) >= 11 is 0. The molecule has 1 aliphatic heterocycles. The fourth-order valence-corrected chi connectivity index (χ4v) is 4.08. The first-order valence-electron chi connectivity index (χ1n) is 8.63. The second kappa shape index (κ2) is 7.64. The van der Waals surface area contributed by atoms with E-state index in [1.54, 1.807) is 11.0 Å². The first kappa shape index (κ1) is 19.3. The molecule has 0 spiro atoms. The summed E-state index contributed by atoms with van der Waals surface area (Å²) in [6, 6.07) is 8.16. The minimum absolute atomic E-state index is 0.164. The van der Waals surface area contributed by atoms with Crippen LogP contribution in [0, 0.1) is 17.6 Å². The van der Waals surface area contributed by atoms with E-state index >= 15 is 0 Å². The van der Waals surface area contributed by atoms with Gasteiger partial charge >= 0.3 is 0 Å². The van der Waals surface area contributed by atoms with Crippen molar-refractivity contribution in [3.63, 3.8) is 0 Å². The third kappa shape index (κ3) is 4.44. The van der Waals surface area contributed by atoms with Crippen LogP contribution in [0.1, 0.15) is 30.1 Å². The van der Waals surface area contributed by atoms with Crippen molar-refractivity contribution in [1.29, 1.82) is 0 Å². The number of nitrogens with zero attached hydrogens (tertiary/aromatic N) is 1. The SMILES string of the molecule is CC1CCN(C(=O)c2cccc(S(=O)(=O)Nc3ccc(F)cc3F)c2)CC1. The van der Waals surface area contributed by atoms with Crippen LogP contribution in [-0.2, 0) is 10.0 Å². The summed E-state index contributed by atoms with van der Waals surface area (Å²) in [7, 11) is -4.13. The molecule has 1 amide bonds. The van der Waals surface area contributed by atoms with Crippen LogP contribution in [0.15, 0.2) is 47.4 Å². The summed E-state index contributed by atoms with van der Waals surface area (Å²) in [5.74, 6) is -1.49. The van der Waals surface area contributed by atoms with Crippen molar-refractivity contribution in [2.24, 2.45) is 5.92 Å². The zero-order chi connectivity index (χ0) is 19.6. The van der Waals surface area contributed by atoms with E-state index in [9.17, 15) is 22.0 Å². The molecule has 0 bridgehead atoms. The molecule has 27 heavy (non-hydrogen) atoms. The Morgan fingerprint density at radius 2 is 1.81 bits per heavy atom. The molecule has 1 fully saturated rings. The molecule has 2 aromatic rings. The van der Waals surface area contributed by atoms with Crippen molar-refractivity contribution in [2.75, 3.05) is 17.8 Å². The smallest absolute Gasteiger partial charge is 0.262 e. The number of halogens is 2. The Hall–Kier alpha value is -2.48. The number of anilines is 1. The van der Waals surface area contributed by atoms with Crippen molar-refractivity contribution in [2.45, 2.75) is 24.7 Å². The van der Waals surface area contributed by atoms with Gasteiger partial charge in [0.15, 0.2) is 0 Å². The summed E-state index contributed by atoms with van der Waals surface area (Å²) < 4.78 is 53.9. The van der Waals surface area contributed by atoms with Gasteiger partial charge in [-0.25, -0.2) is 17.2 Å². The van der Waals surface area contributed by atoms with E-state index in [1.807, 2.05) is 0 Å². The minimum Gasteiger partial charge on any atom is -0.339 e. The van der Waals surface area contributed by atoms with Gasteiger partial charge in [-0.2, -0.15) is 0 Å². The fraction of sp³-hybridized carbons (Fsp3) is 0.316. The lowest BCUT2D eigenvalue weighted by Gasteiger charge is -2.30. The Labute approximate surface area is 157 Å². The summed E-state index contributed by atoms with van der Waals surface area (Å²) in [6.07, 6.45) is 1.82. The maximum absolute atomic E-state index is 13.8.